The van der Waals surface area contributed by atoms with Gasteiger partial charge in [0.1, 0.15) is 0 Å². The molecule has 0 unspecified atom stereocenters. The van der Waals surface area contributed by atoms with Crippen molar-refractivity contribution in [3.63, 3.8) is 0 Å². The van der Waals surface area contributed by atoms with Crippen molar-refractivity contribution in [2.45, 2.75) is 0 Å². The number of benzene rings is 14. The summed E-state index contributed by atoms with van der Waals surface area (Å²) < 4.78 is 9.83. The monoisotopic (exact) mass is 1150 g/mol. The number of rotatable bonds is 10. The third kappa shape index (κ3) is 7.85. The summed E-state index contributed by atoms with van der Waals surface area (Å²) in [4.78, 5) is 0. The molecule has 416 valence electrons. The number of nitrogens with zero attached hydrogens (tertiary/aromatic N) is 4. The van der Waals surface area contributed by atoms with Crippen LogP contribution in [0.25, 0.3) is 132 Å². The second-order valence-electron chi connectivity index (χ2n) is 23.6. The van der Waals surface area contributed by atoms with E-state index < -0.39 is 8.07 Å². The quantitative estimate of drug-likeness (QED) is 0.0961. The Labute approximate surface area is 515 Å². The Kier molecular flexibility index (Phi) is 11.6. The Morgan fingerprint density at radius 2 is 0.348 bits per heavy atom. The van der Waals surface area contributed by atoms with Crippen LogP contribution in [0.4, 0.5) is 0 Å². The van der Waals surface area contributed by atoms with Gasteiger partial charge < -0.3 is 18.3 Å². The molecule has 18 rings (SSSR count). The molecule has 14 aromatic carbocycles. The van der Waals surface area contributed by atoms with Gasteiger partial charge in [-0.3, -0.25) is 0 Å². The molecule has 18 aromatic rings. The maximum Gasteiger partial charge on any atom is 0.179 e. The molecular weight excluding hydrogens is 1090 g/mol. The van der Waals surface area contributed by atoms with Crippen LogP contribution in [0.15, 0.2) is 340 Å². The van der Waals surface area contributed by atoms with E-state index in [0.29, 0.717) is 0 Å². The van der Waals surface area contributed by atoms with Gasteiger partial charge in [0.2, 0.25) is 0 Å². The maximum atomic E-state index is 2.46. The highest BCUT2D eigenvalue weighted by atomic mass is 28.3. The molecule has 4 heterocycles. The molecule has 0 aliphatic heterocycles. The van der Waals surface area contributed by atoms with Crippen LogP contribution in [-0.2, 0) is 0 Å². The Morgan fingerprint density at radius 3 is 0.573 bits per heavy atom. The zero-order chi connectivity index (χ0) is 58.6. The Hall–Kier alpha value is -11.5. The first-order valence-corrected chi connectivity index (χ1v) is 32.7. The van der Waals surface area contributed by atoms with Crippen molar-refractivity contribution in [3.8, 4) is 45.0 Å². The van der Waals surface area contributed by atoms with Crippen LogP contribution in [0.3, 0.4) is 0 Å². The molecule has 89 heavy (non-hydrogen) atoms. The van der Waals surface area contributed by atoms with E-state index in [9.17, 15) is 0 Å². The molecule has 0 spiro atoms. The molecule has 0 aliphatic carbocycles. The summed E-state index contributed by atoms with van der Waals surface area (Å²) in [5.74, 6) is 0. The first kappa shape index (κ1) is 50.8. The molecule has 0 amide bonds. The molecule has 4 aromatic heterocycles. The Morgan fingerprint density at radius 1 is 0.157 bits per heavy atom. The molecule has 0 saturated carbocycles. The minimum atomic E-state index is -3.03. The van der Waals surface area contributed by atoms with Crippen LogP contribution in [0.2, 0.25) is 0 Å². The summed E-state index contributed by atoms with van der Waals surface area (Å²) in [7, 11) is -3.03. The van der Waals surface area contributed by atoms with Crippen molar-refractivity contribution in [3.05, 3.63) is 340 Å². The average Bonchev–Trinajstić information content (AvgIpc) is 1.53. The largest absolute Gasteiger partial charge is 0.309 e. The lowest BCUT2D eigenvalue weighted by molar-refractivity contribution is 1.13. The summed E-state index contributed by atoms with van der Waals surface area (Å²) >= 11 is 0. The van der Waals surface area contributed by atoms with E-state index >= 15 is 0 Å². The smallest absolute Gasteiger partial charge is 0.179 e. The Balaban J connectivity index is 0.825. The van der Waals surface area contributed by atoms with Crippen LogP contribution in [0, 0.1) is 0 Å². The van der Waals surface area contributed by atoms with Crippen LogP contribution in [0.5, 0.6) is 0 Å². The Bertz CT molecular complexity index is 4950. The van der Waals surface area contributed by atoms with E-state index in [2.05, 4.69) is 358 Å². The highest BCUT2D eigenvalue weighted by Crippen LogP contribution is 2.41. The summed E-state index contributed by atoms with van der Waals surface area (Å²) in [5.41, 5.74) is 18.5. The van der Waals surface area contributed by atoms with Gasteiger partial charge in [-0.05, 0) is 128 Å². The van der Waals surface area contributed by atoms with Crippen LogP contribution in [0.1, 0.15) is 0 Å². The number of fused-ring (bicyclic) bond motifs is 12. The highest BCUT2D eigenvalue weighted by Gasteiger charge is 2.41. The molecule has 5 heteroatoms. The zero-order valence-electron chi connectivity index (χ0n) is 48.6. The van der Waals surface area contributed by atoms with Gasteiger partial charge in [0.25, 0.3) is 0 Å². The number of hydrogen-bond donors (Lipinski definition) is 0. The van der Waals surface area contributed by atoms with Gasteiger partial charge in [-0.1, -0.05) is 255 Å². The molecule has 0 atom stereocenters. The van der Waals surface area contributed by atoms with Gasteiger partial charge >= 0.3 is 0 Å². The minimum Gasteiger partial charge on any atom is -0.309 e. The maximum absolute atomic E-state index is 3.03. The standard InChI is InChI=1S/C84H56N4Si/c1-3-23-65(24-4-1)89(66-25-5-2-6-26-66,67-47-43-57(44-48-67)59-51-61(85-77-35-15-7-27-69(77)70-28-8-16-36-78(70)85)55-62(52-59)86-79-37-17-9-29-71(79)72-30-10-18-38-80(72)86)68-49-45-58(46-50-68)60-53-63(87-81-39-19-11-31-73(81)74-32-12-20-40-82(74)87)56-64(54-60)88-83-41-21-13-33-75(83)76-34-14-22-42-84(76)88/h1-56H. The van der Waals surface area contributed by atoms with Crippen molar-refractivity contribution in [1.82, 2.24) is 18.3 Å². The average molecular weight is 1150 g/mol. The van der Waals surface area contributed by atoms with E-state index in [1.54, 1.807) is 0 Å². The van der Waals surface area contributed by atoms with Crippen LogP contribution >= 0.6 is 0 Å². The topological polar surface area (TPSA) is 19.7 Å². The molecule has 0 fully saturated rings. The number of hydrogen-bond acceptors (Lipinski definition) is 0. The molecule has 0 bridgehead atoms. The van der Waals surface area contributed by atoms with Crippen molar-refractivity contribution in [1.29, 1.82) is 0 Å². The van der Waals surface area contributed by atoms with Gasteiger partial charge in [0.05, 0.1) is 44.1 Å². The second-order valence-corrected chi connectivity index (χ2v) is 27.4. The van der Waals surface area contributed by atoms with Gasteiger partial charge in [-0.25, -0.2) is 0 Å². The molecular formula is C84H56N4Si. The van der Waals surface area contributed by atoms with Gasteiger partial charge in [-0.2, -0.15) is 0 Å². The lowest BCUT2D eigenvalue weighted by Crippen LogP contribution is -2.74. The van der Waals surface area contributed by atoms with Crippen molar-refractivity contribution in [2.75, 3.05) is 0 Å². The normalized spacial score (nSPS) is 12.0. The molecule has 0 saturated heterocycles. The van der Waals surface area contributed by atoms with Crippen LogP contribution < -0.4 is 20.7 Å². The van der Waals surface area contributed by atoms with E-state index in [4.69, 9.17) is 0 Å². The molecule has 4 nitrogen and oxygen atoms in total. The highest BCUT2D eigenvalue weighted by molar-refractivity contribution is 7.19. The second kappa shape index (κ2) is 20.3. The van der Waals surface area contributed by atoms with Gasteiger partial charge in [-0.15, -0.1) is 0 Å². The summed E-state index contributed by atoms with van der Waals surface area (Å²) in [6.07, 6.45) is 0. The lowest BCUT2D eigenvalue weighted by Gasteiger charge is -2.34. The fraction of sp³-hybridized carbons (Fsp3) is 0. The van der Waals surface area contributed by atoms with E-state index in [-0.39, 0.29) is 0 Å². The summed E-state index contributed by atoms with van der Waals surface area (Å²) in [6, 6.07) is 127. The minimum absolute atomic E-state index is 1.11. The van der Waals surface area contributed by atoms with Crippen molar-refractivity contribution >= 4 is 116 Å². The fourth-order valence-corrected chi connectivity index (χ4v) is 19.8. The molecule has 0 N–H and O–H groups in total. The predicted molar refractivity (Wildman–Crippen MR) is 378 cm³/mol. The number of para-hydroxylation sites is 8. The zero-order valence-corrected chi connectivity index (χ0v) is 49.6. The third-order valence-electron chi connectivity index (χ3n) is 18.9. The van der Waals surface area contributed by atoms with E-state index in [0.717, 1.165) is 45.0 Å². The van der Waals surface area contributed by atoms with Crippen molar-refractivity contribution < 1.29 is 0 Å². The first-order chi connectivity index (χ1) is 44.2. The van der Waals surface area contributed by atoms with E-state index in [1.165, 1.54) is 108 Å². The molecule has 0 radical (unpaired) electrons. The van der Waals surface area contributed by atoms with Gasteiger partial charge in [0, 0.05) is 65.8 Å². The predicted octanol–water partition coefficient (Wildman–Crippen LogP) is 18.8. The SMILES string of the molecule is c1ccc([Si](c2ccccc2)(c2ccc(-c3cc(-n4c5ccccc5c5ccccc54)cc(-n4c5ccccc5c5ccccc54)c3)cc2)c2ccc(-c3cc(-n4c5ccccc5c5ccccc54)cc(-n4c5ccccc5c5ccccc54)c3)cc2)cc1. The number of aromatic nitrogens is 4. The van der Waals surface area contributed by atoms with Gasteiger partial charge in [0.15, 0.2) is 8.07 Å². The third-order valence-corrected chi connectivity index (χ3v) is 23.7. The van der Waals surface area contributed by atoms with E-state index in [1.807, 2.05) is 0 Å². The van der Waals surface area contributed by atoms with Crippen molar-refractivity contribution in [2.24, 2.45) is 0 Å². The molecule has 0 aliphatic rings. The first-order valence-electron chi connectivity index (χ1n) is 30.7. The summed E-state index contributed by atoms with van der Waals surface area (Å²) in [5, 5.41) is 15.2. The summed E-state index contributed by atoms with van der Waals surface area (Å²) in [6.45, 7) is 0. The fourth-order valence-electron chi connectivity index (χ4n) is 15.0. The van der Waals surface area contributed by atoms with Crippen LogP contribution in [-0.4, -0.2) is 26.3 Å². The lowest BCUT2D eigenvalue weighted by atomic mass is 10.0.